The van der Waals surface area contributed by atoms with E-state index in [1.54, 1.807) is 48.5 Å². The summed E-state index contributed by atoms with van der Waals surface area (Å²) in [6.45, 7) is 4.24. The van der Waals surface area contributed by atoms with Crippen LogP contribution in [-0.2, 0) is 14.8 Å². The fourth-order valence-corrected chi connectivity index (χ4v) is 5.29. The second-order valence-corrected chi connectivity index (χ2v) is 9.53. The van der Waals surface area contributed by atoms with Gasteiger partial charge in [-0.15, -0.1) is 0 Å². The maximum atomic E-state index is 13.3. The summed E-state index contributed by atoms with van der Waals surface area (Å²) >= 11 is 5.91. The molecular weight excluding hydrogens is 400 g/mol. The quantitative estimate of drug-likeness (QED) is 0.788. The van der Waals surface area contributed by atoms with Crippen LogP contribution in [0.1, 0.15) is 26.7 Å². The molecule has 3 rings (SSSR count). The lowest BCUT2D eigenvalue weighted by molar-refractivity contribution is -0.118. The highest BCUT2D eigenvalue weighted by Crippen LogP contribution is 2.36. The summed E-state index contributed by atoms with van der Waals surface area (Å²) < 4.78 is 31.7. The normalized spacial score (nSPS) is 21.2. The Morgan fingerprint density at radius 2 is 1.82 bits per heavy atom. The van der Waals surface area contributed by atoms with Crippen LogP contribution in [0.5, 0.6) is 5.75 Å². The van der Waals surface area contributed by atoms with Gasteiger partial charge in [0.15, 0.2) is 4.75 Å². The Labute approximate surface area is 170 Å². The number of sulfonamides is 1. The van der Waals surface area contributed by atoms with Gasteiger partial charge in [-0.2, -0.15) is 0 Å². The molecule has 8 heteroatoms. The molecule has 0 radical (unpaired) electrons. The van der Waals surface area contributed by atoms with E-state index in [0.29, 0.717) is 41.7 Å². The first-order valence-electron chi connectivity index (χ1n) is 9.10. The molecule has 1 heterocycles. The van der Waals surface area contributed by atoms with Crippen molar-refractivity contribution in [2.24, 2.45) is 0 Å². The Morgan fingerprint density at radius 1 is 1.18 bits per heavy atom. The summed E-state index contributed by atoms with van der Waals surface area (Å²) in [6.07, 6.45) is 0.831. The third kappa shape index (κ3) is 3.82. The van der Waals surface area contributed by atoms with Crippen LogP contribution in [0.25, 0.3) is 0 Å². The lowest BCUT2D eigenvalue weighted by atomic mass is 10.0. The van der Waals surface area contributed by atoms with E-state index in [1.807, 2.05) is 6.92 Å². The molecule has 1 amide bonds. The number of nitrogens with zero attached hydrogens (tertiary/aromatic N) is 1. The van der Waals surface area contributed by atoms with Gasteiger partial charge in [0.2, 0.25) is 15.9 Å². The zero-order chi connectivity index (χ0) is 20.4. The molecule has 0 saturated carbocycles. The molecule has 2 aromatic rings. The van der Waals surface area contributed by atoms with Gasteiger partial charge < -0.3 is 10.1 Å². The van der Waals surface area contributed by atoms with Crippen LogP contribution in [0.3, 0.4) is 0 Å². The number of anilines is 2. The zero-order valence-corrected chi connectivity index (χ0v) is 17.4. The number of halogens is 1. The van der Waals surface area contributed by atoms with Gasteiger partial charge in [0.25, 0.3) is 0 Å². The number of nitrogens with one attached hydrogen (secondary N) is 1. The molecule has 1 N–H and O–H groups in total. The van der Waals surface area contributed by atoms with Crippen molar-refractivity contribution >= 4 is 38.9 Å². The molecule has 0 aliphatic carbocycles. The fourth-order valence-electron chi connectivity index (χ4n) is 3.22. The Balaban J connectivity index is 1.84. The van der Waals surface area contributed by atoms with Crippen LogP contribution in [0.2, 0.25) is 5.02 Å². The predicted octanol–water partition coefficient (Wildman–Crippen LogP) is 4.07. The van der Waals surface area contributed by atoms with Gasteiger partial charge in [0.1, 0.15) is 5.75 Å². The number of benzene rings is 2. The number of ether oxygens (including phenoxy) is 1. The smallest absolute Gasteiger partial charge is 0.249 e. The average molecular weight is 423 g/mol. The third-order valence-electron chi connectivity index (χ3n) is 4.89. The van der Waals surface area contributed by atoms with Crippen molar-refractivity contribution in [3.05, 3.63) is 53.6 Å². The molecule has 2 aromatic carbocycles. The maximum absolute atomic E-state index is 13.3. The minimum Gasteiger partial charge on any atom is -0.494 e. The van der Waals surface area contributed by atoms with Crippen LogP contribution in [0, 0.1) is 0 Å². The lowest BCUT2D eigenvalue weighted by Crippen LogP contribution is -2.57. The zero-order valence-electron chi connectivity index (χ0n) is 15.8. The summed E-state index contributed by atoms with van der Waals surface area (Å²) in [5.74, 6) is 0.140. The van der Waals surface area contributed by atoms with Gasteiger partial charge in [-0.05, 0) is 75.2 Å². The molecule has 0 aromatic heterocycles. The number of carbonyl (C=O) groups is 1. The Kier molecular flexibility index (Phi) is 5.86. The molecule has 1 saturated heterocycles. The minimum atomic E-state index is -3.91. The van der Waals surface area contributed by atoms with Gasteiger partial charge in [0, 0.05) is 17.3 Å². The Morgan fingerprint density at radius 3 is 2.43 bits per heavy atom. The molecule has 1 aliphatic rings. The first kappa shape index (κ1) is 20.5. The second-order valence-electron chi connectivity index (χ2n) is 6.80. The van der Waals surface area contributed by atoms with Gasteiger partial charge in [-0.3, -0.25) is 9.10 Å². The number of hydrogen-bond acceptors (Lipinski definition) is 4. The molecule has 1 aliphatic heterocycles. The average Bonchev–Trinajstić information content (AvgIpc) is 2.66. The number of rotatable bonds is 5. The van der Waals surface area contributed by atoms with E-state index in [2.05, 4.69) is 5.32 Å². The highest BCUT2D eigenvalue weighted by molar-refractivity contribution is 7.95. The predicted molar refractivity (Wildman–Crippen MR) is 112 cm³/mol. The van der Waals surface area contributed by atoms with Crippen LogP contribution in [-0.4, -0.2) is 32.2 Å². The van der Waals surface area contributed by atoms with Crippen molar-refractivity contribution in [3.8, 4) is 5.75 Å². The first-order chi connectivity index (χ1) is 13.3. The second kappa shape index (κ2) is 8.01. The van der Waals surface area contributed by atoms with Gasteiger partial charge in [-0.1, -0.05) is 11.6 Å². The van der Waals surface area contributed by atoms with Crippen LogP contribution >= 0.6 is 11.6 Å². The van der Waals surface area contributed by atoms with Crippen molar-refractivity contribution < 1.29 is 17.9 Å². The molecule has 0 unspecified atom stereocenters. The molecule has 6 nitrogen and oxygen atoms in total. The van der Waals surface area contributed by atoms with E-state index in [9.17, 15) is 13.2 Å². The van der Waals surface area contributed by atoms with E-state index in [0.717, 1.165) is 0 Å². The van der Waals surface area contributed by atoms with Gasteiger partial charge in [0.05, 0.1) is 12.3 Å². The van der Waals surface area contributed by atoms with Crippen LogP contribution < -0.4 is 14.4 Å². The molecule has 1 fully saturated rings. The first-order valence-corrected chi connectivity index (χ1v) is 10.9. The van der Waals surface area contributed by atoms with Crippen molar-refractivity contribution in [2.75, 3.05) is 22.8 Å². The highest BCUT2D eigenvalue weighted by Gasteiger charge is 2.51. The van der Waals surface area contributed by atoms with Crippen molar-refractivity contribution in [1.29, 1.82) is 0 Å². The third-order valence-corrected chi connectivity index (χ3v) is 7.65. The number of amides is 1. The summed E-state index contributed by atoms with van der Waals surface area (Å²) in [7, 11) is -3.91. The van der Waals surface area contributed by atoms with Gasteiger partial charge >= 0.3 is 0 Å². The van der Waals surface area contributed by atoms with Crippen LogP contribution in [0.15, 0.2) is 48.5 Å². The fraction of sp³-hybridized carbons (Fsp3) is 0.350. The monoisotopic (exact) mass is 422 g/mol. The van der Waals surface area contributed by atoms with E-state index in [4.69, 9.17) is 16.3 Å². The van der Waals surface area contributed by atoms with E-state index >= 15 is 0 Å². The summed E-state index contributed by atoms with van der Waals surface area (Å²) in [5.41, 5.74) is 1.03. The van der Waals surface area contributed by atoms with E-state index in [-0.39, 0.29) is 6.42 Å². The minimum absolute atomic E-state index is 0.252. The summed E-state index contributed by atoms with van der Waals surface area (Å²) in [4.78, 5) is 13.0. The molecule has 1 atom stereocenters. The molecular formula is C20H23ClN2O4S. The largest absolute Gasteiger partial charge is 0.494 e. The van der Waals surface area contributed by atoms with E-state index < -0.39 is 20.7 Å². The lowest BCUT2D eigenvalue weighted by Gasteiger charge is -2.39. The van der Waals surface area contributed by atoms with Crippen molar-refractivity contribution in [1.82, 2.24) is 0 Å². The maximum Gasteiger partial charge on any atom is 0.249 e. The van der Waals surface area contributed by atoms with Crippen molar-refractivity contribution in [2.45, 2.75) is 31.4 Å². The van der Waals surface area contributed by atoms with Crippen LogP contribution in [0.4, 0.5) is 11.4 Å². The van der Waals surface area contributed by atoms with Crippen molar-refractivity contribution in [3.63, 3.8) is 0 Å². The topological polar surface area (TPSA) is 75.7 Å². The van der Waals surface area contributed by atoms with E-state index in [1.165, 1.54) is 11.2 Å². The Bertz CT molecular complexity index is 945. The standard InChI is InChI=1S/C20H23ClN2O4S/c1-3-27-18-11-7-16(8-12-18)22-19(24)20(2)13-4-14-23(28(20,25)26)17-9-5-15(21)6-10-17/h5-12H,3-4,13-14H2,1-2H3,(H,22,24)/t20-/m1/s1. The number of carbonyl (C=O) groups excluding carboxylic acids is 1. The SMILES string of the molecule is CCOc1ccc(NC(=O)[C@@]2(C)CCCN(c3ccc(Cl)cc3)S2(=O)=O)cc1. The molecule has 150 valence electrons. The highest BCUT2D eigenvalue weighted by atomic mass is 35.5. The summed E-state index contributed by atoms with van der Waals surface area (Å²) in [5, 5.41) is 3.26. The molecule has 28 heavy (non-hydrogen) atoms. The number of hydrogen-bond donors (Lipinski definition) is 1. The van der Waals surface area contributed by atoms with Gasteiger partial charge in [-0.25, -0.2) is 8.42 Å². The Hall–Kier alpha value is -2.25. The summed E-state index contributed by atoms with van der Waals surface area (Å²) in [6, 6.07) is 13.4. The molecule has 0 spiro atoms. The molecule has 0 bridgehead atoms.